The molecule has 3 amide bonds. The fraction of sp³-hybridized carbons (Fsp3) is 0.458. The Morgan fingerprint density at radius 3 is 2.50 bits per heavy atom. The zero-order chi connectivity index (χ0) is 22.3. The van der Waals surface area contributed by atoms with Crippen molar-refractivity contribution < 1.29 is 18.4 Å². The van der Waals surface area contributed by atoms with E-state index < -0.39 is 11.6 Å². The SMILES string of the molecule is O=C(Cc1cc(F)cc(F)c1)N1CCC2(CC1)CC2CNC(=O)N1Cc2ccncc2C1. The third-order valence-electron chi connectivity index (χ3n) is 7.26. The van der Waals surface area contributed by atoms with Crippen LogP contribution >= 0.6 is 0 Å². The van der Waals surface area contributed by atoms with E-state index in [1.54, 1.807) is 16.0 Å². The van der Waals surface area contributed by atoms with Crippen molar-refractivity contribution in [2.75, 3.05) is 19.6 Å². The largest absolute Gasteiger partial charge is 0.342 e. The van der Waals surface area contributed by atoms with Crippen molar-refractivity contribution in [2.24, 2.45) is 11.3 Å². The number of fused-ring (bicyclic) bond motifs is 1. The summed E-state index contributed by atoms with van der Waals surface area (Å²) in [4.78, 5) is 32.9. The summed E-state index contributed by atoms with van der Waals surface area (Å²) in [6.07, 6.45) is 6.44. The quantitative estimate of drug-likeness (QED) is 0.794. The maximum absolute atomic E-state index is 13.4. The van der Waals surface area contributed by atoms with E-state index in [4.69, 9.17) is 0 Å². The Morgan fingerprint density at radius 1 is 1.06 bits per heavy atom. The molecule has 2 aliphatic heterocycles. The molecule has 2 fully saturated rings. The number of nitrogens with zero attached hydrogens (tertiary/aromatic N) is 3. The van der Waals surface area contributed by atoms with Gasteiger partial charge in [-0.1, -0.05) is 0 Å². The lowest BCUT2D eigenvalue weighted by atomic mass is 9.90. The molecular weight excluding hydrogens is 414 g/mol. The summed E-state index contributed by atoms with van der Waals surface area (Å²) < 4.78 is 26.7. The summed E-state index contributed by atoms with van der Waals surface area (Å²) in [5, 5.41) is 3.09. The molecule has 3 aliphatic rings. The Morgan fingerprint density at radius 2 is 1.78 bits per heavy atom. The molecular formula is C24H26F2N4O2. The molecule has 5 rings (SSSR count). The maximum Gasteiger partial charge on any atom is 0.318 e. The van der Waals surface area contributed by atoms with Crippen LogP contribution in [0.2, 0.25) is 0 Å². The molecule has 1 N–H and O–H groups in total. The summed E-state index contributed by atoms with van der Waals surface area (Å²) >= 11 is 0. The summed E-state index contributed by atoms with van der Waals surface area (Å²) in [5.41, 5.74) is 2.81. The maximum atomic E-state index is 13.4. The van der Waals surface area contributed by atoms with Gasteiger partial charge in [0.1, 0.15) is 11.6 Å². The Balaban J connectivity index is 1.07. The number of halogens is 2. The highest BCUT2D eigenvalue weighted by Gasteiger charge is 2.54. The first-order chi connectivity index (χ1) is 15.4. The van der Waals surface area contributed by atoms with E-state index in [1.165, 1.54) is 12.1 Å². The van der Waals surface area contributed by atoms with Crippen molar-refractivity contribution in [3.05, 3.63) is 65.0 Å². The van der Waals surface area contributed by atoms with E-state index in [-0.39, 0.29) is 23.8 Å². The number of carbonyl (C=O) groups is 2. The summed E-state index contributed by atoms with van der Waals surface area (Å²) in [7, 11) is 0. The lowest BCUT2D eigenvalue weighted by Crippen LogP contribution is -2.41. The number of hydrogen-bond donors (Lipinski definition) is 1. The number of piperidine rings is 1. The number of hydrogen-bond acceptors (Lipinski definition) is 3. The molecule has 8 heteroatoms. The first-order valence-corrected chi connectivity index (χ1v) is 11.1. The van der Waals surface area contributed by atoms with E-state index in [0.29, 0.717) is 44.2 Å². The minimum atomic E-state index is -0.664. The van der Waals surface area contributed by atoms with E-state index in [2.05, 4.69) is 10.3 Å². The monoisotopic (exact) mass is 440 g/mol. The predicted octanol–water partition coefficient (Wildman–Crippen LogP) is 3.26. The van der Waals surface area contributed by atoms with Gasteiger partial charge in [0.15, 0.2) is 0 Å². The second kappa shape index (κ2) is 8.15. The van der Waals surface area contributed by atoms with Gasteiger partial charge in [0.05, 0.1) is 6.42 Å². The number of amides is 3. The average molecular weight is 440 g/mol. The number of aromatic nitrogens is 1. The van der Waals surface area contributed by atoms with Gasteiger partial charge in [0, 0.05) is 51.2 Å². The smallest absolute Gasteiger partial charge is 0.318 e. The van der Waals surface area contributed by atoms with Gasteiger partial charge in [-0.3, -0.25) is 9.78 Å². The summed E-state index contributed by atoms with van der Waals surface area (Å²) in [6, 6.07) is 5.14. The van der Waals surface area contributed by atoms with Crippen LogP contribution in [0, 0.1) is 23.0 Å². The first kappa shape index (κ1) is 20.8. The van der Waals surface area contributed by atoms with Crippen LogP contribution in [0.1, 0.15) is 36.0 Å². The van der Waals surface area contributed by atoms with Gasteiger partial charge in [0.2, 0.25) is 5.91 Å². The topological polar surface area (TPSA) is 65.5 Å². The number of pyridine rings is 1. The van der Waals surface area contributed by atoms with E-state index >= 15 is 0 Å². The third kappa shape index (κ3) is 4.18. The number of carbonyl (C=O) groups excluding carboxylic acids is 2. The molecule has 2 aromatic rings. The molecule has 1 spiro atoms. The lowest BCUT2D eigenvalue weighted by molar-refractivity contribution is -0.132. The van der Waals surface area contributed by atoms with Crippen molar-refractivity contribution in [1.82, 2.24) is 20.1 Å². The fourth-order valence-electron chi connectivity index (χ4n) is 5.22. The molecule has 1 aromatic carbocycles. The standard InChI is InChI=1S/C24H26F2N4O2/c25-20-7-16(8-21(26)10-20)9-22(31)29-5-2-24(3-6-29)11-19(24)13-28-23(32)30-14-17-1-4-27-12-18(17)15-30/h1,4,7-8,10,12,19H,2-3,5-6,9,11,13-15H2,(H,28,32). The number of urea groups is 1. The molecule has 1 aromatic heterocycles. The average Bonchev–Trinajstić information content (AvgIpc) is 3.23. The Hall–Kier alpha value is -3.03. The van der Waals surface area contributed by atoms with Gasteiger partial charge in [-0.05, 0) is 65.5 Å². The zero-order valence-electron chi connectivity index (χ0n) is 17.8. The van der Waals surface area contributed by atoms with Gasteiger partial charge in [-0.2, -0.15) is 0 Å². The van der Waals surface area contributed by atoms with Crippen LogP contribution in [0.5, 0.6) is 0 Å². The number of likely N-dealkylation sites (tertiary alicyclic amines) is 1. The Kier molecular flexibility index (Phi) is 5.31. The minimum absolute atomic E-state index is 0.00884. The van der Waals surface area contributed by atoms with Crippen LogP contribution in [0.3, 0.4) is 0 Å². The van der Waals surface area contributed by atoms with Crippen molar-refractivity contribution in [3.8, 4) is 0 Å². The number of benzene rings is 1. The molecule has 1 atom stereocenters. The van der Waals surface area contributed by atoms with Crippen LogP contribution in [-0.2, 0) is 24.3 Å². The van der Waals surface area contributed by atoms with Crippen molar-refractivity contribution in [1.29, 1.82) is 0 Å². The molecule has 1 aliphatic carbocycles. The van der Waals surface area contributed by atoms with Crippen molar-refractivity contribution in [3.63, 3.8) is 0 Å². The molecule has 0 radical (unpaired) electrons. The molecule has 0 bridgehead atoms. The molecule has 1 saturated heterocycles. The molecule has 6 nitrogen and oxygen atoms in total. The Labute approximate surface area is 185 Å². The van der Waals surface area contributed by atoms with Crippen LogP contribution in [0.15, 0.2) is 36.7 Å². The van der Waals surface area contributed by atoms with Crippen molar-refractivity contribution >= 4 is 11.9 Å². The van der Waals surface area contributed by atoms with Crippen LogP contribution in [0.4, 0.5) is 13.6 Å². The van der Waals surface area contributed by atoms with E-state index in [0.717, 1.165) is 36.5 Å². The van der Waals surface area contributed by atoms with Crippen molar-refractivity contribution in [2.45, 2.75) is 38.8 Å². The highest BCUT2D eigenvalue weighted by atomic mass is 19.1. The first-order valence-electron chi connectivity index (χ1n) is 11.1. The highest BCUT2D eigenvalue weighted by molar-refractivity contribution is 5.79. The molecule has 1 saturated carbocycles. The minimum Gasteiger partial charge on any atom is -0.342 e. The van der Waals surface area contributed by atoms with Gasteiger partial charge >= 0.3 is 6.03 Å². The normalized spacial score (nSPS) is 20.9. The van der Waals surface area contributed by atoms with Crippen LogP contribution < -0.4 is 5.32 Å². The lowest BCUT2D eigenvalue weighted by Gasteiger charge is -2.33. The van der Waals surface area contributed by atoms with Crippen LogP contribution in [-0.4, -0.2) is 46.4 Å². The molecule has 1 unspecified atom stereocenters. The number of nitrogens with one attached hydrogen (secondary N) is 1. The third-order valence-corrected chi connectivity index (χ3v) is 7.26. The second-order valence-electron chi connectivity index (χ2n) is 9.29. The fourth-order valence-corrected chi connectivity index (χ4v) is 5.22. The zero-order valence-corrected chi connectivity index (χ0v) is 17.8. The van der Waals surface area contributed by atoms with Gasteiger partial charge in [0.25, 0.3) is 0 Å². The van der Waals surface area contributed by atoms with E-state index in [1.807, 2.05) is 12.3 Å². The molecule has 168 valence electrons. The van der Waals surface area contributed by atoms with E-state index in [9.17, 15) is 18.4 Å². The molecule has 3 heterocycles. The second-order valence-corrected chi connectivity index (χ2v) is 9.29. The molecule has 32 heavy (non-hydrogen) atoms. The van der Waals surface area contributed by atoms with Gasteiger partial charge in [-0.25, -0.2) is 13.6 Å². The Bertz CT molecular complexity index is 1010. The van der Waals surface area contributed by atoms with Gasteiger partial charge in [-0.15, -0.1) is 0 Å². The predicted molar refractivity (Wildman–Crippen MR) is 113 cm³/mol. The highest BCUT2D eigenvalue weighted by Crippen LogP contribution is 2.59. The summed E-state index contributed by atoms with van der Waals surface area (Å²) in [6.45, 7) is 3.16. The van der Waals surface area contributed by atoms with Crippen LogP contribution in [0.25, 0.3) is 0 Å². The summed E-state index contributed by atoms with van der Waals surface area (Å²) in [5.74, 6) is -0.989. The number of rotatable bonds is 4. The van der Waals surface area contributed by atoms with Gasteiger partial charge < -0.3 is 15.1 Å².